The molecule has 1 fully saturated rings. The van der Waals surface area contributed by atoms with Crippen molar-refractivity contribution in [3.8, 4) is 0 Å². The van der Waals surface area contributed by atoms with E-state index in [0.717, 1.165) is 32.3 Å². The molecule has 0 radical (unpaired) electrons. The van der Waals surface area contributed by atoms with E-state index in [-0.39, 0.29) is 18.0 Å². The maximum absolute atomic E-state index is 12.2. The van der Waals surface area contributed by atoms with E-state index < -0.39 is 6.10 Å². The van der Waals surface area contributed by atoms with Crippen LogP contribution in [0.1, 0.15) is 49.9 Å². The summed E-state index contributed by atoms with van der Waals surface area (Å²) in [4.78, 5) is 23.9. The Bertz CT molecular complexity index is 551. The van der Waals surface area contributed by atoms with Crippen LogP contribution in [0.2, 0.25) is 0 Å². The summed E-state index contributed by atoms with van der Waals surface area (Å²) < 4.78 is 16.3. The van der Waals surface area contributed by atoms with Crippen LogP contribution in [-0.4, -0.2) is 43.9 Å². The Morgan fingerprint density at radius 1 is 1.28 bits per heavy atom. The van der Waals surface area contributed by atoms with Gasteiger partial charge in [-0.3, -0.25) is 4.79 Å². The summed E-state index contributed by atoms with van der Waals surface area (Å²) in [6.45, 7) is 5.25. The lowest BCUT2D eigenvalue weighted by atomic mass is 10.1. The molecule has 1 heterocycles. The molecule has 1 aliphatic rings. The van der Waals surface area contributed by atoms with E-state index in [4.69, 9.17) is 14.2 Å². The molecule has 0 aliphatic carbocycles. The molecule has 2 atom stereocenters. The summed E-state index contributed by atoms with van der Waals surface area (Å²) in [6, 6.07) is 6.62. The zero-order valence-electron chi connectivity index (χ0n) is 15.0. The summed E-state index contributed by atoms with van der Waals surface area (Å²) in [5.41, 5.74) is 1.08. The van der Waals surface area contributed by atoms with Crippen molar-refractivity contribution in [3.05, 3.63) is 29.8 Å². The van der Waals surface area contributed by atoms with Crippen LogP contribution >= 0.6 is 0 Å². The number of rotatable bonds is 8. The van der Waals surface area contributed by atoms with E-state index >= 15 is 0 Å². The third kappa shape index (κ3) is 6.48. The van der Waals surface area contributed by atoms with E-state index in [2.05, 4.69) is 5.32 Å². The number of carbonyl (C=O) groups is 2. The zero-order valence-corrected chi connectivity index (χ0v) is 15.0. The average molecular weight is 349 g/mol. The number of carbonyl (C=O) groups excluding carboxylic acids is 2. The fourth-order valence-corrected chi connectivity index (χ4v) is 2.48. The molecular weight excluding hydrogens is 322 g/mol. The SMILES string of the molecule is CCCOC(=O)c1ccc(NC(=O)C(C)OCC2CCCCO2)cc1. The van der Waals surface area contributed by atoms with Crippen LogP contribution in [0.5, 0.6) is 0 Å². The van der Waals surface area contributed by atoms with Crippen molar-refractivity contribution in [2.24, 2.45) is 0 Å². The number of benzene rings is 1. The molecule has 1 aliphatic heterocycles. The highest BCUT2D eigenvalue weighted by atomic mass is 16.5. The maximum atomic E-state index is 12.2. The molecule has 1 aromatic carbocycles. The number of amides is 1. The van der Waals surface area contributed by atoms with Crippen LogP contribution in [-0.2, 0) is 19.0 Å². The number of esters is 1. The van der Waals surface area contributed by atoms with Gasteiger partial charge >= 0.3 is 5.97 Å². The van der Waals surface area contributed by atoms with Gasteiger partial charge in [0.2, 0.25) is 0 Å². The van der Waals surface area contributed by atoms with Crippen LogP contribution in [0.15, 0.2) is 24.3 Å². The van der Waals surface area contributed by atoms with Crippen molar-refractivity contribution in [3.63, 3.8) is 0 Å². The molecule has 1 aromatic rings. The maximum Gasteiger partial charge on any atom is 0.338 e. The van der Waals surface area contributed by atoms with E-state index in [1.54, 1.807) is 31.2 Å². The van der Waals surface area contributed by atoms with Gasteiger partial charge in [-0.05, 0) is 56.9 Å². The highest BCUT2D eigenvalue weighted by Gasteiger charge is 2.19. The van der Waals surface area contributed by atoms with Gasteiger partial charge in [-0.15, -0.1) is 0 Å². The lowest BCUT2D eigenvalue weighted by Gasteiger charge is -2.23. The number of anilines is 1. The Kier molecular flexibility index (Phi) is 7.88. The largest absolute Gasteiger partial charge is 0.462 e. The highest BCUT2D eigenvalue weighted by Crippen LogP contribution is 2.15. The molecule has 1 saturated heterocycles. The minimum atomic E-state index is -0.570. The van der Waals surface area contributed by atoms with Crippen LogP contribution in [0.25, 0.3) is 0 Å². The number of nitrogens with one attached hydrogen (secondary N) is 1. The smallest absolute Gasteiger partial charge is 0.338 e. The van der Waals surface area contributed by atoms with Crippen LogP contribution in [0.4, 0.5) is 5.69 Å². The second kappa shape index (κ2) is 10.2. The van der Waals surface area contributed by atoms with Crippen molar-refractivity contribution in [2.45, 2.75) is 51.7 Å². The van der Waals surface area contributed by atoms with E-state index in [1.807, 2.05) is 6.92 Å². The van der Waals surface area contributed by atoms with Gasteiger partial charge in [0, 0.05) is 12.3 Å². The minimum Gasteiger partial charge on any atom is -0.462 e. The first-order valence-electron chi connectivity index (χ1n) is 8.91. The van der Waals surface area contributed by atoms with Gasteiger partial charge in [0.25, 0.3) is 5.91 Å². The van der Waals surface area contributed by atoms with Gasteiger partial charge in [-0.2, -0.15) is 0 Å². The van der Waals surface area contributed by atoms with Crippen molar-refractivity contribution in [1.82, 2.24) is 0 Å². The highest BCUT2D eigenvalue weighted by molar-refractivity contribution is 5.95. The third-order valence-electron chi connectivity index (χ3n) is 4.00. The number of hydrogen-bond donors (Lipinski definition) is 1. The summed E-state index contributed by atoms with van der Waals surface area (Å²) in [5.74, 6) is -0.582. The molecule has 0 spiro atoms. The van der Waals surface area contributed by atoms with Gasteiger partial charge in [0.05, 0.1) is 24.9 Å². The second-order valence-electron chi connectivity index (χ2n) is 6.17. The Balaban J connectivity index is 1.77. The zero-order chi connectivity index (χ0) is 18.1. The normalized spacial score (nSPS) is 18.4. The molecule has 25 heavy (non-hydrogen) atoms. The first-order valence-corrected chi connectivity index (χ1v) is 8.91. The molecule has 138 valence electrons. The lowest BCUT2D eigenvalue weighted by Crippen LogP contribution is -2.32. The fraction of sp³-hybridized carbons (Fsp3) is 0.579. The van der Waals surface area contributed by atoms with Gasteiger partial charge in [-0.1, -0.05) is 6.92 Å². The van der Waals surface area contributed by atoms with Gasteiger partial charge < -0.3 is 19.5 Å². The summed E-state index contributed by atoms with van der Waals surface area (Å²) in [7, 11) is 0. The summed E-state index contributed by atoms with van der Waals surface area (Å²) >= 11 is 0. The lowest BCUT2D eigenvalue weighted by molar-refractivity contribution is -0.130. The molecule has 2 rings (SSSR count). The Morgan fingerprint density at radius 2 is 2.04 bits per heavy atom. The van der Waals surface area contributed by atoms with Crippen molar-refractivity contribution in [2.75, 3.05) is 25.1 Å². The predicted molar refractivity (Wildman–Crippen MR) is 94.7 cm³/mol. The molecule has 0 aromatic heterocycles. The average Bonchev–Trinajstić information content (AvgIpc) is 2.65. The minimum absolute atomic E-state index is 0.0809. The molecule has 6 nitrogen and oxygen atoms in total. The Labute approximate surface area is 148 Å². The molecule has 6 heteroatoms. The predicted octanol–water partition coefficient (Wildman–Crippen LogP) is 3.17. The van der Waals surface area contributed by atoms with Crippen molar-refractivity contribution in [1.29, 1.82) is 0 Å². The van der Waals surface area contributed by atoms with Crippen LogP contribution < -0.4 is 5.32 Å². The van der Waals surface area contributed by atoms with E-state index in [9.17, 15) is 9.59 Å². The van der Waals surface area contributed by atoms with Gasteiger partial charge in [-0.25, -0.2) is 4.79 Å². The van der Waals surface area contributed by atoms with Gasteiger partial charge in [0.15, 0.2) is 0 Å². The molecule has 1 N–H and O–H groups in total. The second-order valence-corrected chi connectivity index (χ2v) is 6.17. The van der Waals surface area contributed by atoms with Gasteiger partial charge in [0.1, 0.15) is 6.10 Å². The fourth-order valence-electron chi connectivity index (χ4n) is 2.48. The third-order valence-corrected chi connectivity index (χ3v) is 4.00. The molecule has 1 amide bonds. The monoisotopic (exact) mass is 349 g/mol. The molecular formula is C19H27NO5. The Morgan fingerprint density at radius 3 is 2.68 bits per heavy atom. The molecule has 2 unspecified atom stereocenters. The number of ether oxygens (including phenoxy) is 3. The quantitative estimate of drug-likeness (QED) is 0.730. The summed E-state index contributed by atoms with van der Waals surface area (Å²) in [6.07, 6.45) is 3.50. The van der Waals surface area contributed by atoms with E-state index in [0.29, 0.717) is 24.5 Å². The first-order chi connectivity index (χ1) is 12.1. The standard InChI is InChI=1S/C19H27NO5/c1-3-11-24-19(22)15-7-9-16(10-8-15)20-18(21)14(2)25-13-17-6-4-5-12-23-17/h7-10,14,17H,3-6,11-13H2,1-2H3,(H,20,21). The molecule has 0 saturated carbocycles. The summed E-state index contributed by atoms with van der Waals surface area (Å²) in [5, 5.41) is 2.78. The Hall–Kier alpha value is -1.92. The number of hydrogen-bond acceptors (Lipinski definition) is 5. The van der Waals surface area contributed by atoms with Crippen molar-refractivity contribution < 1.29 is 23.8 Å². The van der Waals surface area contributed by atoms with E-state index in [1.165, 1.54) is 0 Å². The molecule has 0 bridgehead atoms. The van der Waals surface area contributed by atoms with Crippen molar-refractivity contribution >= 4 is 17.6 Å². The van der Waals surface area contributed by atoms with Crippen LogP contribution in [0.3, 0.4) is 0 Å². The first kappa shape index (κ1) is 19.4. The topological polar surface area (TPSA) is 73.9 Å². The van der Waals surface area contributed by atoms with Crippen LogP contribution in [0, 0.1) is 0 Å².